The average molecular weight is 478 g/mol. The first-order valence-corrected chi connectivity index (χ1v) is 11.5. The Morgan fingerprint density at radius 1 is 1.09 bits per heavy atom. The van der Waals surface area contributed by atoms with Gasteiger partial charge in [-0.25, -0.2) is 4.79 Å². The summed E-state index contributed by atoms with van der Waals surface area (Å²) in [5, 5.41) is 24.7. The smallest absolute Gasteiger partial charge is 0.407 e. The summed E-state index contributed by atoms with van der Waals surface area (Å²) in [6.07, 6.45) is 2.79. The molecule has 0 unspecified atom stereocenters. The summed E-state index contributed by atoms with van der Waals surface area (Å²) < 4.78 is 5.19. The molecule has 10 heteroatoms. The summed E-state index contributed by atoms with van der Waals surface area (Å²) >= 11 is 0. The molecule has 7 N–H and O–H groups in total. The third-order valence-electron chi connectivity index (χ3n) is 5.26. The lowest BCUT2D eigenvalue weighted by Gasteiger charge is -2.36. The van der Waals surface area contributed by atoms with Crippen LogP contribution in [-0.2, 0) is 20.7 Å². The van der Waals surface area contributed by atoms with Gasteiger partial charge in [-0.15, -0.1) is 0 Å². The maximum Gasteiger partial charge on any atom is 0.407 e. The van der Waals surface area contributed by atoms with E-state index < -0.39 is 41.6 Å². The number of aliphatic hydroxyl groups excluding tert-OH is 1. The summed E-state index contributed by atoms with van der Waals surface area (Å²) in [6.45, 7) is 5.89. The highest BCUT2D eigenvalue weighted by Gasteiger charge is 2.43. The number of rotatable bonds is 12. The molecule has 0 heterocycles. The number of guanidine groups is 1. The predicted molar refractivity (Wildman–Crippen MR) is 130 cm³/mol. The Kier molecular flexibility index (Phi) is 11.5. The highest BCUT2D eigenvalue weighted by molar-refractivity contribution is 6.01. The number of carbonyl (C=O) groups excluding carboxylic acids is 3. The van der Waals surface area contributed by atoms with E-state index in [4.69, 9.17) is 15.9 Å². The first-order valence-electron chi connectivity index (χ1n) is 11.5. The van der Waals surface area contributed by atoms with Crippen molar-refractivity contribution in [3.05, 3.63) is 35.9 Å². The van der Waals surface area contributed by atoms with Crippen molar-refractivity contribution in [2.45, 2.75) is 70.9 Å². The fraction of sp³-hybridized carbons (Fsp3) is 0.583. The maximum absolute atomic E-state index is 12.8. The van der Waals surface area contributed by atoms with Gasteiger partial charge in [-0.2, -0.15) is 0 Å². The summed E-state index contributed by atoms with van der Waals surface area (Å²) in [5.74, 6) is -2.64. The van der Waals surface area contributed by atoms with Gasteiger partial charge in [-0.3, -0.25) is 20.3 Å². The van der Waals surface area contributed by atoms with E-state index in [1.165, 1.54) is 12.5 Å². The molecule has 0 aliphatic rings. The number of nitrogens with two attached hydrogens (primary N) is 1. The van der Waals surface area contributed by atoms with Crippen molar-refractivity contribution in [1.29, 1.82) is 5.41 Å². The second-order valence-corrected chi connectivity index (χ2v) is 9.43. The Morgan fingerprint density at radius 2 is 1.74 bits per heavy atom. The molecule has 2 atom stereocenters. The predicted octanol–water partition coefficient (Wildman–Crippen LogP) is 1.81. The minimum absolute atomic E-state index is 0.148. The van der Waals surface area contributed by atoms with E-state index in [-0.39, 0.29) is 18.9 Å². The van der Waals surface area contributed by atoms with Crippen LogP contribution >= 0.6 is 0 Å². The molecule has 10 nitrogen and oxygen atoms in total. The number of alkyl carbamates (subject to hydrolysis) is 1. The maximum atomic E-state index is 12.8. The lowest BCUT2D eigenvalue weighted by atomic mass is 9.84. The van der Waals surface area contributed by atoms with Gasteiger partial charge in [0.25, 0.3) is 5.91 Å². The zero-order valence-corrected chi connectivity index (χ0v) is 20.6. The van der Waals surface area contributed by atoms with Gasteiger partial charge < -0.3 is 26.2 Å². The van der Waals surface area contributed by atoms with Crippen LogP contribution in [0.2, 0.25) is 0 Å². The summed E-state index contributed by atoms with van der Waals surface area (Å²) in [7, 11) is 0. The average Bonchev–Trinajstić information content (AvgIpc) is 2.72. The van der Waals surface area contributed by atoms with Gasteiger partial charge in [0.1, 0.15) is 11.1 Å². The van der Waals surface area contributed by atoms with E-state index in [0.29, 0.717) is 6.42 Å². The number of unbranched alkanes of at least 4 members (excludes halogenated alkanes) is 2. The van der Waals surface area contributed by atoms with Crippen LogP contribution in [0.3, 0.4) is 0 Å². The Bertz CT molecular complexity index is 825. The molecule has 1 aromatic rings. The van der Waals surface area contributed by atoms with Crippen LogP contribution in [0.25, 0.3) is 0 Å². The van der Waals surface area contributed by atoms with Gasteiger partial charge in [0.05, 0.1) is 6.61 Å². The molecule has 0 bridgehead atoms. The molecule has 3 amide bonds. The molecule has 0 saturated carbocycles. The molecule has 1 aromatic carbocycles. The van der Waals surface area contributed by atoms with E-state index in [9.17, 15) is 19.5 Å². The van der Waals surface area contributed by atoms with Gasteiger partial charge in [0.15, 0.2) is 5.96 Å². The number of hydrogen-bond donors (Lipinski definition) is 6. The minimum Gasteiger partial charge on any atom is -0.444 e. The number of hydrogen-bond acceptors (Lipinski definition) is 6. The standard InChI is InChI=1S/C24H39N5O5/c1-23(2,3)34-22(33)27-15-18(16-30)24(4,20(32)28-21(25)26)29-19(31)14-10-6-9-13-17-11-7-5-8-12-17/h5,7-8,11-12,18,30H,6,9-10,13-16H2,1-4H3,(H,27,33)(H,29,31)(H4,25,26,28,32)/t18-,24+/m0/s1. The largest absolute Gasteiger partial charge is 0.444 e. The number of carbonyl (C=O) groups is 3. The molecule has 190 valence electrons. The second-order valence-electron chi connectivity index (χ2n) is 9.43. The van der Waals surface area contributed by atoms with Crippen molar-refractivity contribution >= 4 is 23.9 Å². The van der Waals surface area contributed by atoms with Gasteiger partial charge >= 0.3 is 6.09 Å². The van der Waals surface area contributed by atoms with Gasteiger partial charge in [-0.1, -0.05) is 36.8 Å². The molecule has 0 spiro atoms. The van der Waals surface area contributed by atoms with E-state index in [1.54, 1.807) is 20.8 Å². The van der Waals surface area contributed by atoms with Crippen LogP contribution < -0.4 is 21.7 Å². The minimum atomic E-state index is -1.63. The highest BCUT2D eigenvalue weighted by atomic mass is 16.6. The lowest BCUT2D eigenvalue weighted by molar-refractivity contribution is -0.135. The number of aliphatic hydroxyl groups is 1. The van der Waals surface area contributed by atoms with Crippen molar-refractivity contribution < 1.29 is 24.2 Å². The van der Waals surface area contributed by atoms with Crippen molar-refractivity contribution in [2.75, 3.05) is 13.2 Å². The normalized spacial score (nSPS) is 13.8. The Labute approximate surface area is 201 Å². The lowest BCUT2D eigenvalue weighted by Crippen LogP contribution is -2.65. The van der Waals surface area contributed by atoms with Gasteiger partial charge in [-0.05, 0) is 52.5 Å². The summed E-state index contributed by atoms with van der Waals surface area (Å²) in [5.41, 5.74) is 4.19. The van der Waals surface area contributed by atoms with Gasteiger partial charge in [0.2, 0.25) is 5.91 Å². The van der Waals surface area contributed by atoms with Crippen LogP contribution in [0, 0.1) is 11.3 Å². The molecule has 0 fully saturated rings. The van der Waals surface area contributed by atoms with Gasteiger partial charge in [0, 0.05) is 18.9 Å². The first kappa shape index (κ1) is 28.9. The molecule has 0 radical (unpaired) electrons. The van der Waals surface area contributed by atoms with E-state index in [1.807, 2.05) is 18.2 Å². The molecule has 1 rings (SSSR count). The number of ether oxygens (including phenoxy) is 1. The van der Waals surface area contributed by atoms with Crippen molar-refractivity contribution in [3.63, 3.8) is 0 Å². The first-order chi connectivity index (χ1) is 15.9. The number of benzene rings is 1. The Balaban J connectivity index is 2.72. The Hall–Kier alpha value is -3.14. The third-order valence-corrected chi connectivity index (χ3v) is 5.26. The van der Waals surface area contributed by atoms with Crippen LogP contribution in [0.1, 0.15) is 58.9 Å². The van der Waals surface area contributed by atoms with E-state index in [0.717, 1.165) is 19.3 Å². The quantitative estimate of drug-likeness (QED) is 0.152. The van der Waals surface area contributed by atoms with Crippen molar-refractivity contribution in [3.8, 4) is 0 Å². The monoisotopic (exact) mass is 477 g/mol. The van der Waals surface area contributed by atoms with Crippen LogP contribution in [0.15, 0.2) is 30.3 Å². The van der Waals surface area contributed by atoms with E-state index in [2.05, 4.69) is 28.1 Å². The highest BCUT2D eigenvalue weighted by Crippen LogP contribution is 2.19. The fourth-order valence-corrected chi connectivity index (χ4v) is 3.36. The topological polar surface area (TPSA) is 167 Å². The summed E-state index contributed by atoms with van der Waals surface area (Å²) in [4.78, 5) is 37.5. The third kappa shape index (κ3) is 10.7. The molecular weight excluding hydrogens is 438 g/mol. The molecule has 0 aromatic heterocycles. The molecule has 0 aliphatic carbocycles. The fourth-order valence-electron chi connectivity index (χ4n) is 3.36. The van der Waals surface area contributed by atoms with Crippen molar-refractivity contribution in [2.24, 2.45) is 11.7 Å². The molecule has 0 saturated heterocycles. The molecular formula is C24H39N5O5. The second kappa shape index (κ2) is 13.5. The number of nitrogens with one attached hydrogen (secondary N) is 4. The van der Waals surface area contributed by atoms with Crippen molar-refractivity contribution in [1.82, 2.24) is 16.0 Å². The molecule has 34 heavy (non-hydrogen) atoms. The zero-order valence-electron chi connectivity index (χ0n) is 20.6. The number of aryl methyl sites for hydroxylation is 1. The van der Waals surface area contributed by atoms with Crippen LogP contribution in [-0.4, -0.2) is 53.3 Å². The zero-order chi connectivity index (χ0) is 25.8. The Morgan fingerprint density at radius 3 is 2.29 bits per heavy atom. The van der Waals surface area contributed by atoms with Crippen LogP contribution in [0.4, 0.5) is 4.79 Å². The SMILES string of the molecule is CC(C)(C)OC(=O)NC[C@@H](CO)[C@@](C)(NC(=O)CCCCCc1ccccc1)C(=O)NC(=N)N. The van der Waals surface area contributed by atoms with E-state index >= 15 is 0 Å². The summed E-state index contributed by atoms with van der Waals surface area (Å²) in [6, 6.07) is 10.1. The molecule has 0 aliphatic heterocycles. The van der Waals surface area contributed by atoms with Crippen LogP contribution in [0.5, 0.6) is 0 Å². The number of amides is 3.